The van der Waals surface area contributed by atoms with Gasteiger partial charge in [-0.2, -0.15) is 0 Å². The molecule has 0 aliphatic rings. The topological polar surface area (TPSA) is 72.2 Å². The summed E-state index contributed by atoms with van der Waals surface area (Å²) in [6.07, 6.45) is 5.43. The largest absolute Gasteiger partial charge is 0.439 e. The van der Waals surface area contributed by atoms with Crippen LogP contribution in [0.25, 0.3) is 16.7 Å². The lowest BCUT2D eigenvalue weighted by molar-refractivity contribution is 0.515. The first-order valence-electron chi connectivity index (χ1n) is 8.98. The van der Waals surface area contributed by atoms with Gasteiger partial charge in [-0.05, 0) is 47.7 Å². The van der Waals surface area contributed by atoms with Gasteiger partial charge in [0.2, 0.25) is 15.9 Å². The molecule has 5 nitrogen and oxygen atoms in total. The zero-order valence-electron chi connectivity index (χ0n) is 15.8. The van der Waals surface area contributed by atoms with Crippen LogP contribution in [0.4, 0.5) is 0 Å². The Morgan fingerprint density at radius 2 is 2.00 bits per heavy atom. The maximum Gasteiger partial charge on any atom is 0.210 e. The van der Waals surface area contributed by atoms with E-state index in [2.05, 4.69) is 41.8 Å². The van der Waals surface area contributed by atoms with Crippen molar-refractivity contribution in [3.8, 4) is 0 Å². The molecule has 0 amide bonds. The third-order valence-corrected chi connectivity index (χ3v) is 4.97. The minimum Gasteiger partial charge on any atom is -0.439 e. The van der Waals surface area contributed by atoms with E-state index in [0.717, 1.165) is 24.7 Å². The molecular formula is C21H24N2O3S. The summed E-state index contributed by atoms with van der Waals surface area (Å²) < 4.78 is 30.7. The Kier molecular flexibility index (Phi) is 5.77. The highest BCUT2D eigenvalue weighted by Crippen LogP contribution is 2.29. The van der Waals surface area contributed by atoms with E-state index in [9.17, 15) is 8.42 Å². The molecular weight excluding hydrogens is 360 g/mol. The molecule has 3 aromatic rings. The van der Waals surface area contributed by atoms with E-state index in [1.54, 1.807) is 0 Å². The summed E-state index contributed by atoms with van der Waals surface area (Å²) in [6, 6.07) is 14.2. The Morgan fingerprint density at radius 3 is 2.70 bits per heavy atom. The molecule has 0 fully saturated rings. The summed E-state index contributed by atoms with van der Waals surface area (Å²) in [5, 5.41) is 0. The number of benzene rings is 2. The van der Waals surface area contributed by atoms with Crippen molar-refractivity contribution in [2.75, 3.05) is 6.26 Å². The number of rotatable bonds is 7. The lowest BCUT2D eigenvalue weighted by atomic mass is 9.93. The number of nitrogens with one attached hydrogen (secondary N) is 1. The van der Waals surface area contributed by atoms with Gasteiger partial charge in [0.05, 0.1) is 12.8 Å². The quantitative estimate of drug-likeness (QED) is 0.655. The first kappa shape index (κ1) is 19.3. The van der Waals surface area contributed by atoms with E-state index in [-0.39, 0.29) is 6.54 Å². The van der Waals surface area contributed by atoms with E-state index in [1.807, 2.05) is 30.3 Å². The molecule has 3 rings (SSSR count). The third kappa shape index (κ3) is 4.84. The van der Waals surface area contributed by atoms with Gasteiger partial charge in [-0.25, -0.2) is 18.1 Å². The molecule has 142 valence electrons. The van der Waals surface area contributed by atoms with E-state index in [4.69, 9.17) is 4.42 Å². The highest BCUT2D eigenvalue weighted by Gasteiger charge is 2.12. The summed E-state index contributed by atoms with van der Waals surface area (Å²) in [5.74, 6) is 0.350. The predicted molar refractivity (Wildman–Crippen MR) is 109 cm³/mol. The monoisotopic (exact) mass is 384 g/mol. The van der Waals surface area contributed by atoms with Gasteiger partial charge in [-0.3, -0.25) is 0 Å². The maximum atomic E-state index is 11.3. The lowest BCUT2D eigenvalue weighted by Crippen LogP contribution is -2.21. The number of allylic oxidation sites excluding steroid dienone is 1. The molecule has 0 unspecified atom stereocenters. The number of unbranched alkanes of at least 4 members (excludes halogenated alkanes) is 1. The van der Waals surface area contributed by atoms with Crippen LogP contribution < -0.4 is 4.72 Å². The van der Waals surface area contributed by atoms with E-state index in [0.29, 0.717) is 17.0 Å². The standard InChI is InChI=1S/C21H24N2O3S/c1-4-5-9-18(17-10-7-6-8-15(17)2)16-11-12-19-20(13-16)26-21(23-19)14-22-27(3,24)25/h6-13,22H,4-5,14H2,1-3H3. The fourth-order valence-electron chi connectivity index (χ4n) is 2.96. The van der Waals surface area contributed by atoms with Crippen molar-refractivity contribution < 1.29 is 12.8 Å². The van der Waals surface area contributed by atoms with Gasteiger partial charge < -0.3 is 4.42 Å². The van der Waals surface area contributed by atoms with Gasteiger partial charge >= 0.3 is 0 Å². The molecule has 1 N–H and O–H groups in total. The molecule has 0 aliphatic heterocycles. The second-order valence-corrected chi connectivity index (χ2v) is 8.44. The Morgan fingerprint density at radius 1 is 1.22 bits per heavy atom. The molecule has 0 aliphatic carbocycles. The van der Waals surface area contributed by atoms with Crippen LogP contribution in [0.3, 0.4) is 0 Å². The van der Waals surface area contributed by atoms with Crippen molar-refractivity contribution in [2.24, 2.45) is 0 Å². The second-order valence-electron chi connectivity index (χ2n) is 6.60. The SMILES string of the molecule is CCCC=C(c1ccc2nc(CNS(C)(=O)=O)oc2c1)c1ccccc1C. The van der Waals surface area contributed by atoms with Crippen LogP contribution in [0.2, 0.25) is 0 Å². The minimum absolute atomic E-state index is 0.0408. The highest BCUT2D eigenvalue weighted by molar-refractivity contribution is 7.88. The van der Waals surface area contributed by atoms with Crippen molar-refractivity contribution in [3.63, 3.8) is 0 Å². The van der Waals surface area contributed by atoms with Crippen molar-refractivity contribution in [2.45, 2.75) is 33.2 Å². The number of hydrogen-bond donors (Lipinski definition) is 1. The van der Waals surface area contributed by atoms with Crippen LogP contribution in [0.5, 0.6) is 0 Å². The Bertz CT molecular complexity index is 1080. The Labute approximate surface area is 160 Å². The zero-order valence-corrected chi connectivity index (χ0v) is 16.6. The van der Waals surface area contributed by atoms with Gasteiger partial charge in [-0.1, -0.05) is 49.8 Å². The zero-order chi connectivity index (χ0) is 19.4. The number of fused-ring (bicyclic) bond motifs is 1. The third-order valence-electron chi connectivity index (χ3n) is 4.30. The number of hydrogen-bond acceptors (Lipinski definition) is 4. The number of oxazole rings is 1. The van der Waals surface area contributed by atoms with Crippen LogP contribution in [0.15, 0.2) is 53.0 Å². The highest BCUT2D eigenvalue weighted by atomic mass is 32.2. The average Bonchev–Trinajstić information content (AvgIpc) is 3.03. The van der Waals surface area contributed by atoms with Crippen LogP contribution in [0.1, 0.15) is 42.3 Å². The van der Waals surface area contributed by atoms with Gasteiger partial charge in [0.1, 0.15) is 5.52 Å². The first-order chi connectivity index (χ1) is 12.9. The van der Waals surface area contributed by atoms with E-state index < -0.39 is 10.0 Å². The number of aryl methyl sites for hydroxylation is 1. The van der Waals surface area contributed by atoms with Crippen LogP contribution in [-0.2, 0) is 16.6 Å². The summed E-state index contributed by atoms with van der Waals surface area (Å²) >= 11 is 0. The lowest BCUT2D eigenvalue weighted by Gasteiger charge is -2.11. The second kappa shape index (κ2) is 8.06. The molecule has 6 heteroatoms. The van der Waals surface area contributed by atoms with Crippen LogP contribution in [0, 0.1) is 6.92 Å². The fourth-order valence-corrected chi connectivity index (χ4v) is 3.34. The summed E-state index contributed by atoms with van der Waals surface area (Å²) in [5.41, 5.74) is 6.00. The van der Waals surface area contributed by atoms with Gasteiger partial charge in [0, 0.05) is 0 Å². The van der Waals surface area contributed by atoms with Crippen molar-refractivity contribution in [1.29, 1.82) is 0 Å². The number of aromatic nitrogens is 1. The Balaban J connectivity index is 1.99. The summed E-state index contributed by atoms with van der Waals surface area (Å²) in [6.45, 7) is 4.31. The number of nitrogens with zero attached hydrogens (tertiary/aromatic N) is 1. The summed E-state index contributed by atoms with van der Waals surface area (Å²) in [4.78, 5) is 4.36. The van der Waals surface area contributed by atoms with Crippen LogP contribution >= 0.6 is 0 Å². The van der Waals surface area contributed by atoms with Crippen LogP contribution in [-0.4, -0.2) is 19.7 Å². The molecule has 2 aromatic carbocycles. The van der Waals surface area contributed by atoms with Gasteiger partial charge in [0.15, 0.2) is 5.58 Å². The molecule has 27 heavy (non-hydrogen) atoms. The molecule has 0 atom stereocenters. The molecule has 0 saturated carbocycles. The van der Waals surface area contributed by atoms with E-state index in [1.165, 1.54) is 16.7 Å². The smallest absolute Gasteiger partial charge is 0.210 e. The molecule has 0 spiro atoms. The normalized spacial score (nSPS) is 12.6. The molecule has 1 aromatic heterocycles. The van der Waals surface area contributed by atoms with Crippen molar-refractivity contribution in [1.82, 2.24) is 9.71 Å². The molecule has 0 radical (unpaired) electrons. The Hall–Kier alpha value is -2.44. The van der Waals surface area contributed by atoms with Crippen molar-refractivity contribution >= 4 is 26.7 Å². The van der Waals surface area contributed by atoms with Gasteiger partial charge in [0.25, 0.3) is 0 Å². The molecule has 0 saturated heterocycles. The average molecular weight is 385 g/mol. The molecule has 0 bridgehead atoms. The summed E-state index contributed by atoms with van der Waals surface area (Å²) in [7, 11) is -3.29. The van der Waals surface area contributed by atoms with Crippen molar-refractivity contribution in [3.05, 3.63) is 71.1 Å². The maximum absolute atomic E-state index is 11.3. The molecule has 1 heterocycles. The number of sulfonamides is 1. The van der Waals surface area contributed by atoms with Gasteiger partial charge in [-0.15, -0.1) is 0 Å². The van der Waals surface area contributed by atoms with E-state index >= 15 is 0 Å². The predicted octanol–water partition coefficient (Wildman–Crippen LogP) is 4.42. The fraction of sp³-hybridized carbons (Fsp3) is 0.286. The first-order valence-corrected chi connectivity index (χ1v) is 10.9. The minimum atomic E-state index is -3.29.